The molecule has 0 bridgehead atoms. The van der Waals surface area contributed by atoms with E-state index in [1.165, 1.54) is 23.9 Å². The van der Waals surface area contributed by atoms with Gasteiger partial charge in [0.25, 0.3) is 11.6 Å². The van der Waals surface area contributed by atoms with E-state index in [4.69, 9.17) is 4.74 Å². The smallest absolute Gasteiger partial charge is 0.274 e. The molecule has 1 heterocycles. The number of nitrogens with one attached hydrogen (secondary N) is 2. The molecule has 0 atom stereocenters. The number of benzene rings is 2. The van der Waals surface area contributed by atoms with Gasteiger partial charge in [0.2, 0.25) is 0 Å². The van der Waals surface area contributed by atoms with Gasteiger partial charge in [0, 0.05) is 23.3 Å². The molecule has 0 aliphatic heterocycles. The van der Waals surface area contributed by atoms with Gasteiger partial charge in [-0.15, -0.1) is 0 Å². The third kappa shape index (κ3) is 5.93. The van der Waals surface area contributed by atoms with Crippen molar-refractivity contribution in [1.29, 1.82) is 0 Å². The number of imidazole rings is 1. The summed E-state index contributed by atoms with van der Waals surface area (Å²) in [7, 11) is 0. The van der Waals surface area contributed by atoms with Gasteiger partial charge in [-0.1, -0.05) is 17.8 Å². The van der Waals surface area contributed by atoms with Crippen LogP contribution in [-0.2, 0) is 0 Å². The number of rotatable bonds is 9. The van der Waals surface area contributed by atoms with Gasteiger partial charge < -0.3 is 15.0 Å². The zero-order valence-electron chi connectivity index (χ0n) is 19.4. The molecule has 0 fully saturated rings. The van der Waals surface area contributed by atoms with E-state index in [2.05, 4.69) is 15.3 Å². The summed E-state index contributed by atoms with van der Waals surface area (Å²) >= 11 is 1.42. The highest BCUT2D eigenvalue weighted by Gasteiger charge is 2.21. The highest BCUT2D eigenvalue weighted by Crippen LogP contribution is 2.29. The molecule has 3 rings (SSSR count). The van der Waals surface area contributed by atoms with Crippen molar-refractivity contribution in [1.82, 2.24) is 15.3 Å². The van der Waals surface area contributed by atoms with Crippen molar-refractivity contribution in [3.63, 3.8) is 0 Å². The highest BCUT2D eigenvalue weighted by molar-refractivity contribution is 8.05. The molecule has 8 nitrogen and oxygen atoms in total. The SMILES string of the molecule is C/C=C\SC(NC(=O)c1[nH]c(-c2ccc([N+](=O)[O-])cc2)nc1-c1ccc(OCC)cc1)=C(C)C. The fraction of sp³-hybridized carbons (Fsp3) is 0.200. The summed E-state index contributed by atoms with van der Waals surface area (Å²) in [6.07, 6.45) is 1.90. The van der Waals surface area contributed by atoms with E-state index in [-0.39, 0.29) is 17.3 Å². The molecule has 0 unspecified atom stereocenters. The lowest BCUT2D eigenvalue weighted by molar-refractivity contribution is -0.384. The molecule has 0 radical (unpaired) electrons. The van der Waals surface area contributed by atoms with Crippen molar-refractivity contribution in [3.05, 3.63) is 86.4 Å². The summed E-state index contributed by atoms with van der Waals surface area (Å²) in [6, 6.07) is 13.3. The zero-order valence-corrected chi connectivity index (χ0v) is 20.2. The average Bonchev–Trinajstić information content (AvgIpc) is 3.28. The minimum atomic E-state index is -0.459. The highest BCUT2D eigenvalue weighted by atomic mass is 32.2. The van der Waals surface area contributed by atoms with Gasteiger partial charge in [-0.25, -0.2) is 4.98 Å². The van der Waals surface area contributed by atoms with Gasteiger partial charge in [0.15, 0.2) is 0 Å². The van der Waals surface area contributed by atoms with Gasteiger partial charge in [-0.05, 0) is 75.1 Å². The molecule has 0 aliphatic rings. The maximum absolute atomic E-state index is 13.3. The predicted octanol–water partition coefficient (Wildman–Crippen LogP) is 6.30. The minimum absolute atomic E-state index is 0.0192. The number of thioether (sulfide) groups is 1. The summed E-state index contributed by atoms with van der Waals surface area (Å²) in [4.78, 5) is 31.6. The molecule has 9 heteroatoms. The Labute approximate surface area is 202 Å². The fourth-order valence-electron chi connectivity index (χ4n) is 3.07. The average molecular weight is 479 g/mol. The van der Waals surface area contributed by atoms with Crippen LogP contribution in [0.25, 0.3) is 22.6 Å². The Morgan fingerprint density at radius 3 is 2.35 bits per heavy atom. The van der Waals surface area contributed by atoms with Gasteiger partial charge in [0.05, 0.1) is 16.6 Å². The van der Waals surface area contributed by atoms with Crippen LogP contribution in [0.1, 0.15) is 38.2 Å². The molecule has 1 amide bonds. The molecule has 3 aromatic rings. The van der Waals surface area contributed by atoms with E-state index in [0.717, 1.165) is 21.9 Å². The third-order valence-corrected chi connectivity index (χ3v) is 5.88. The lowest BCUT2D eigenvalue weighted by Crippen LogP contribution is -2.23. The Kier molecular flexibility index (Phi) is 8.26. The molecule has 176 valence electrons. The van der Waals surface area contributed by atoms with Crippen LogP contribution in [-0.4, -0.2) is 27.4 Å². The predicted molar refractivity (Wildman–Crippen MR) is 136 cm³/mol. The molecule has 2 N–H and O–H groups in total. The van der Waals surface area contributed by atoms with Crippen LogP contribution in [0.2, 0.25) is 0 Å². The largest absolute Gasteiger partial charge is 0.494 e. The minimum Gasteiger partial charge on any atom is -0.494 e. The summed E-state index contributed by atoms with van der Waals surface area (Å²) in [5, 5.41) is 16.6. The lowest BCUT2D eigenvalue weighted by Gasteiger charge is -2.10. The monoisotopic (exact) mass is 478 g/mol. The second-order valence-electron chi connectivity index (χ2n) is 7.44. The first-order valence-electron chi connectivity index (χ1n) is 10.7. The number of H-pyrrole nitrogens is 1. The maximum atomic E-state index is 13.3. The van der Waals surface area contributed by atoms with Crippen LogP contribution in [0.4, 0.5) is 5.69 Å². The lowest BCUT2D eigenvalue weighted by atomic mass is 10.1. The van der Waals surface area contributed by atoms with Crippen LogP contribution < -0.4 is 10.1 Å². The van der Waals surface area contributed by atoms with Crippen molar-refractivity contribution in [3.8, 4) is 28.4 Å². The standard InChI is InChI=1S/C25H26N4O4S/c1-5-15-34-25(16(3)4)28-24(30)22-21(17-9-13-20(14-10-17)33-6-2)26-23(27-22)18-7-11-19(12-8-18)29(31)32/h5,7-15H,6H2,1-4H3,(H,26,27)(H,28,30)/b15-5-. The molecule has 1 aromatic heterocycles. The number of carbonyl (C=O) groups excluding carboxylic acids is 1. The number of nitrogens with zero attached hydrogens (tertiary/aromatic N) is 2. The number of allylic oxidation sites excluding steroid dienone is 2. The maximum Gasteiger partial charge on any atom is 0.274 e. The number of hydrogen-bond acceptors (Lipinski definition) is 6. The Bertz CT molecular complexity index is 1220. The van der Waals surface area contributed by atoms with Gasteiger partial charge in [-0.2, -0.15) is 0 Å². The van der Waals surface area contributed by atoms with Gasteiger partial charge in [0.1, 0.15) is 23.0 Å². The molecular weight excluding hydrogens is 452 g/mol. The van der Waals surface area contributed by atoms with Crippen LogP contribution in [0, 0.1) is 10.1 Å². The van der Waals surface area contributed by atoms with Crippen LogP contribution in [0.3, 0.4) is 0 Å². The second-order valence-corrected chi connectivity index (χ2v) is 8.36. The van der Waals surface area contributed by atoms with Crippen LogP contribution >= 0.6 is 11.8 Å². The third-order valence-electron chi connectivity index (χ3n) is 4.72. The Balaban J connectivity index is 2.04. The summed E-state index contributed by atoms with van der Waals surface area (Å²) < 4.78 is 5.52. The van der Waals surface area contributed by atoms with E-state index < -0.39 is 4.92 Å². The normalized spacial score (nSPS) is 10.8. The number of hydrogen-bond donors (Lipinski definition) is 2. The van der Waals surface area contributed by atoms with E-state index >= 15 is 0 Å². The Morgan fingerprint density at radius 2 is 1.79 bits per heavy atom. The van der Waals surface area contributed by atoms with Gasteiger partial charge >= 0.3 is 0 Å². The van der Waals surface area contributed by atoms with Gasteiger partial charge in [-0.3, -0.25) is 14.9 Å². The molecule has 34 heavy (non-hydrogen) atoms. The quantitative estimate of drug-likeness (QED) is 0.276. The molecule has 0 saturated carbocycles. The van der Waals surface area contributed by atoms with Crippen molar-refractivity contribution in [2.75, 3.05) is 6.61 Å². The van der Waals surface area contributed by atoms with Crippen molar-refractivity contribution < 1.29 is 14.5 Å². The summed E-state index contributed by atoms with van der Waals surface area (Å²) in [6.45, 7) is 8.22. The fourth-order valence-corrected chi connectivity index (χ4v) is 3.73. The van der Waals surface area contributed by atoms with E-state index in [0.29, 0.717) is 23.7 Å². The van der Waals surface area contributed by atoms with Crippen LogP contribution in [0.5, 0.6) is 5.75 Å². The summed E-state index contributed by atoms with van der Waals surface area (Å²) in [5.74, 6) is 0.819. The number of aromatic amines is 1. The first-order valence-corrected chi connectivity index (χ1v) is 11.6. The van der Waals surface area contributed by atoms with Crippen molar-refractivity contribution >= 4 is 23.4 Å². The first-order chi connectivity index (χ1) is 16.3. The molecule has 0 saturated heterocycles. The molecule has 0 aliphatic carbocycles. The number of carbonyl (C=O) groups is 1. The molecule has 0 spiro atoms. The molecule has 2 aromatic carbocycles. The molecular formula is C25H26N4O4S. The Morgan fingerprint density at radius 1 is 1.15 bits per heavy atom. The first kappa shape index (κ1) is 24.8. The van der Waals surface area contributed by atoms with Crippen molar-refractivity contribution in [2.45, 2.75) is 27.7 Å². The summed E-state index contributed by atoms with van der Waals surface area (Å²) in [5.41, 5.74) is 3.07. The zero-order chi connectivity index (χ0) is 24.7. The number of nitro benzene ring substituents is 1. The van der Waals surface area contributed by atoms with E-state index in [9.17, 15) is 14.9 Å². The number of non-ortho nitro benzene ring substituents is 1. The Hall–Kier alpha value is -3.85. The number of ether oxygens (including phenoxy) is 1. The second kappa shape index (κ2) is 11.3. The van der Waals surface area contributed by atoms with Crippen LogP contribution in [0.15, 0.2) is 70.6 Å². The number of nitro groups is 1. The number of aromatic nitrogens is 2. The van der Waals surface area contributed by atoms with E-state index in [1.54, 1.807) is 12.1 Å². The van der Waals surface area contributed by atoms with Crippen molar-refractivity contribution in [2.24, 2.45) is 0 Å². The topological polar surface area (TPSA) is 110 Å². The number of amides is 1. The van der Waals surface area contributed by atoms with E-state index in [1.807, 2.05) is 63.4 Å².